The van der Waals surface area contributed by atoms with Crippen molar-refractivity contribution in [3.8, 4) is 0 Å². The molecule has 2 rings (SSSR count). The van der Waals surface area contributed by atoms with E-state index in [2.05, 4.69) is 27.1 Å². The maximum atomic E-state index is 5.35. The van der Waals surface area contributed by atoms with Crippen molar-refractivity contribution in [2.45, 2.75) is 19.9 Å². The zero-order chi connectivity index (χ0) is 10.5. The molecule has 0 atom stereocenters. The van der Waals surface area contributed by atoms with Gasteiger partial charge in [-0.05, 0) is 42.3 Å². The third-order valence-electron chi connectivity index (χ3n) is 2.12. The summed E-state index contributed by atoms with van der Waals surface area (Å²) in [5.41, 5.74) is 1.39. The first kappa shape index (κ1) is 10.4. The van der Waals surface area contributed by atoms with E-state index in [0.717, 1.165) is 24.6 Å². The molecule has 0 amide bonds. The molecule has 4 heteroatoms. The number of rotatable bonds is 5. The van der Waals surface area contributed by atoms with Crippen molar-refractivity contribution < 1.29 is 4.42 Å². The number of nitrogens with one attached hydrogen (secondary N) is 1. The van der Waals surface area contributed by atoms with Crippen LogP contribution in [0.5, 0.6) is 0 Å². The van der Waals surface area contributed by atoms with Gasteiger partial charge in [0.15, 0.2) is 0 Å². The Morgan fingerprint density at radius 1 is 1.53 bits per heavy atom. The molecule has 2 heterocycles. The summed E-state index contributed by atoms with van der Waals surface area (Å²) >= 11 is 1.74. The predicted octanol–water partition coefficient (Wildman–Crippen LogP) is 2.38. The van der Waals surface area contributed by atoms with Crippen LogP contribution in [-0.2, 0) is 13.0 Å². The Bertz CT molecular complexity index is 394. The predicted molar refractivity (Wildman–Crippen MR) is 61.0 cm³/mol. The van der Waals surface area contributed by atoms with Crippen molar-refractivity contribution in [1.82, 2.24) is 10.3 Å². The monoisotopic (exact) mass is 222 g/mol. The quantitative estimate of drug-likeness (QED) is 0.789. The number of oxazole rings is 1. The lowest BCUT2D eigenvalue weighted by Gasteiger charge is -2.00. The summed E-state index contributed by atoms with van der Waals surface area (Å²) in [4.78, 5) is 4.12. The summed E-state index contributed by atoms with van der Waals surface area (Å²) in [6.45, 7) is 3.57. The van der Waals surface area contributed by atoms with E-state index in [1.54, 1.807) is 17.5 Å². The zero-order valence-electron chi connectivity index (χ0n) is 8.69. The zero-order valence-corrected chi connectivity index (χ0v) is 9.51. The molecular weight excluding hydrogens is 208 g/mol. The Labute approximate surface area is 93.2 Å². The Morgan fingerprint density at radius 2 is 2.47 bits per heavy atom. The SMILES string of the molecule is Cc1cnc(CNCCc2ccsc2)o1. The number of aromatic nitrogens is 1. The van der Waals surface area contributed by atoms with Crippen molar-refractivity contribution in [2.24, 2.45) is 0 Å². The molecule has 0 saturated heterocycles. The molecule has 0 spiro atoms. The number of hydrogen-bond acceptors (Lipinski definition) is 4. The van der Waals surface area contributed by atoms with E-state index in [9.17, 15) is 0 Å². The lowest BCUT2D eigenvalue weighted by molar-refractivity contribution is 0.450. The maximum Gasteiger partial charge on any atom is 0.208 e. The molecule has 80 valence electrons. The fourth-order valence-electron chi connectivity index (χ4n) is 1.35. The average molecular weight is 222 g/mol. The van der Waals surface area contributed by atoms with Gasteiger partial charge in [-0.1, -0.05) is 0 Å². The van der Waals surface area contributed by atoms with Crippen molar-refractivity contribution in [1.29, 1.82) is 0 Å². The van der Waals surface area contributed by atoms with Gasteiger partial charge in [0.2, 0.25) is 5.89 Å². The summed E-state index contributed by atoms with van der Waals surface area (Å²) in [5.74, 6) is 1.63. The van der Waals surface area contributed by atoms with Crippen molar-refractivity contribution in [2.75, 3.05) is 6.54 Å². The Kier molecular flexibility index (Phi) is 3.53. The minimum Gasteiger partial charge on any atom is -0.445 e. The first-order valence-corrected chi connectivity index (χ1v) is 5.92. The molecule has 15 heavy (non-hydrogen) atoms. The van der Waals surface area contributed by atoms with Crippen LogP contribution in [0.15, 0.2) is 27.4 Å². The fraction of sp³-hybridized carbons (Fsp3) is 0.364. The highest BCUT2D eigenvalue weighted by Gasteiger charge is 1.99. The normalized spacial score (nSPS) is 10.7. The van der Waals surface area contributed by atoms with Gasteiger partial charge < -0.3 is 9.73 Å². The molecular formula is C11H14N2OS. The molecule has 0 fully saturated rings. The van der Waals surface area contributed by atoms with Gasteiger partial charge in [0.05, 0.1) is 12.7 Å². The van der Waals surface area contributed by atoms with E-state index in [-0.39, 0.29) is 0 Å². The second-order valence-electron chi connectivity index (χ2n) is 3.42. The van der Waals surface area contributed by atoms with Gasteiger partial charge in [-0.2, -0.15) is 11.3 Å². The number of nitrogens with zero attached hydrogens (tertiary/aromatic N) is 1. The van der Waals surface area contributed by atoms with Gasteiger partial charge in [0, 0.05) is 0 Å². The highest BCUT2D eigenvalue weighted by molar-refractivity contribution is 7.07. The van der Waals surface area contributed by atoms with Crippen LogP contribution in [0, 0.1) is 6.92 Å². The highest BCUT2D eigenvalue weighted by Crippen LogP contribution is 2.06. The van der Waals surface area contributed by atoms with Crippen molar-refractivity contribution in [3.63, 3.8) is 0 Å². The van der Waals surface area contributed by atoms with Crippen LogP contribution in [0.4, 0.5) is 0 Å². The molecule has 0 saturated carbocycles. The lowest BCUT2D eigenvalue weighted by atomic mass is 10.2. The van der Waals surface area contributed by atoms with E-state index in [1.165, 1.54) is 5.56 Å². The van der Waals surface area contributed by atoms with Gasteiger partial charge in [-0.3, -0.25) is 0 Å². The van der Waals surface area contributed by atoms with Gasteiger partial charge >= 0.3 is 0 Å². The van der Waals surface area contributed by atoms with Crippen LogP contribution in [0.1, 0.15) is 17.2 Å². The molecule has 1 N–H and O–H groups in total. The summed E-state index contributed by atoms with van der Waals surface area (Å²) in [6.07, 6.45) is 2.80. The van der Waals surface area contributed by atoms with E-state index in [0.29, 0.717) is 6.54 Å². The molecule has 0 aliphatic heterocycles. The topological polar surface area (TPSA) is 38.1 Å². The molecule has 3 nitrogen and oxygen atoms in total. The maximum absolute atomic E-state index is 5.35. The van der Waals surface area contributed by atoms with E-state index in [1.807, 2.05) is 6.92 Å². The first-order chi connectivity index (χ1) is 7.34. The second-order valence-corrected chi connectivity index (χ2v) is 4.20. The highest BCUT2D eigenvalue weighted by atomic mass is 32.1. The third kappa shape index (κ3) is 3.18. The van der Waals surface area contributed by atoms with Gasteiger partial charge in [-0.25, -0.2) is 4.98 Å². The molecule has 2 aromatic rings. The number of hydrogen-bond donors (Lipinski definition) is 1. The lowest BCUT2D eigenvalue weighted by Crippen LogP contribution is -2.16. The van der Waals surface area contributed by atoms with E-state index >= 15 is 0 Å². The minimum atomic E-state index is 0.706. The third-order valence-corrected chi connectivity index (χ3v) is 2.85. The van der Waals surface area contributed by atoms with Gasteiger partial charge in [-0.15, -0.1) is 0 Å². The average Bonchev–Trinajstić information content (AvgIpc) is 2.84. The number of thiophene rings is 1. The number of aryl methyl sites for hydroxylation is 1. The molecule has 0 bridgehead atoms. The Balaban J connectivity index is 1.67. The smallest absolute Gasteiger partial charge is 0.208 e. The standard InChI is InChI=1S/C11H14N2OS/c1-9-6-13-11(14-9)7-12-4-2-10-3-5-15-8-10/h3,5-6,8,12H,2,4,7H2,1H3. The minimum absolute atomic E-state index is 0.706. The molecule has 2 aromatic heterocycles. The molecule has 0 aliphatic carbocycles. The van der Waals surface area contributed by atoms with Crippen LogP contribution in [0.25, 0.3) is 0 Å². The molecule has 0 aromatic carbocycles. The second kappa shape index (κ2) is 5.09. The van der Waals surface area contributed by atoms with Crippen LogP contribution in [0.2, 0.25) is 0 Å². The Morgan fingerprint density at radius 3 is 3.13 bits per heavy atom. The van der Waals surface area contributed by atoms with Crippen LogP contribution in [0.3, 0.4) is 0 Å². The molecule has 0 unspecified atom stereocenters. The molecule has 0 radical (unpaired) electrons. The van der Waals surface area contributed by atoms with Crippen LogP contribution >= 0.6 is 11.3 Å². The summed E-state index contributed by atoms with van der Waals surface area (Å²) in [6, 6.07) is 2.15. The van der Waals surface area contributed by atoms with Crippen LogP contribution in [-0.4, -0.2) is 11.5 Å². The van der Waals surface area contributed by atoms with Crippen LogP contribution < -0.4 is 5.32 Å². The van der Waals surface area contributed by atoms with Crippen molar-refractivity contribution >= 4 is 11.3 Å². The largest absolute Gasteiger partial charge is 0.445 e. The molecule has 0 aliphatic rings. The summed E-state index contributed by atoms with van der Waals surface area (Å²) in [5, 5.41) is 7.58. The van der Waals surface area contributed by atoms with Gasteiger partial charge in [0.1, 0.15) is 5.76 Å². The Hall–Kier alpha value is -1.13. The summed E-state index contributed by atoms with van der Waals surface area (Å²) in [7, 11) is 0. The summed E-state index contributed by atoms with van der Waals surface area (Å²) < 4.78 is 5.35. The fourth-order valence-corrected chi connectivity index (χ4v) is 2.05. The van der Waals surface area contributed by atoms with E-state index in [4.69, 9.17) is 4.42 Å². The first-order valence-electron chi connectivity index (χ1n) is 4.98. The van der Waals surface area contributed by atoms with E-state index < -0.39 is 0 Å². The van der Waals surface area contributed by atoms with Gasteiger partial charge in [0.25, 0.3) is 0 Å². The van der Waals surface area contributed by atoms with Crippen molar-refractivity contribution in [3.05, 3.63) is 40.2 Å².